The molecule has 112 valence electrons. The molecule has 0 bridgehead atoms. The minimum Gasteiger partial charge on any atom is -0.367 e. The van der Waals surface area contributed by atoms with Gasteiger partial charge in [0.1, 0.15) is 0 Å². The van der Waals surface area contributed by atoms with Crippen LogP contribution in [0.4, 0.5) is 0 Å². The molecule has 0 aromatic heterocycles. The van der Waals surface area contributed by atoms with E-state index < -0.39 is 12.0 Å². The molecule has 2 N–H and O–H groups in total. The van der Waals surface area contributed by atoms with Gasteiger partial charge in [-0.15, -0.1) is 0 Å². The van der Waals surface area contributed by atoms with E-state index in [-0.39, 0.29) is 12.5 Å². The highest BCUT2D eigenvalue weighted by Crippen LogP contribution is 2.23. The molecule has 1 atom stereocenters. The number of fused-ring (bicyclic) bond motifs is 1. The Bertz CT molecular complexity index is 571. The van der Waals surface area contributed by atoms with Gasteiger partial charge in [-0.3, -0.25) is 9.59 Å². The molecule has 2 amide bonds. The Hall–Kier alpha value is -1.88. The summed E-state index contributed by atoms with van der Waals surface area (Å²) in [5.74, 6) is -0.559. The third-order valence-corrected chi connectivity index (χ3v) is 4.27. The molecule has 0 spiro atoms. The third kappa shape index (κ3) is 2.93. The Morgan fingerprint density at radius 1 is 1.19 bits per heavy atom. The monoisotopic (exact) mass is 288 g/mol. The van der Waals surface area contributed by atoms with Crippen molar-refractivity contribution in [3.8, 4) is 0 Å². The molecule has 1 aromatic rings. The highest BCUT2D eigenvalue weighted by atomic mass is 16.5. The number of ether oxygens (including phenoxy) is 1. The summed E-state index contributed by atoms with van der Waals surface area (Å²) in [6.45, 7) is 1.09. The highest BCUT2D eigenvalue weighted by Gasteiger charge is 2.28. The second kappa shape index (κ2) is 5.85. The number of morpholine rings is 1. The number of nitrogens with two attached hydrogens (primary N) is 1. The lowest BCUT2D eigenvalue weighted by atomic mass is 9.90. The molecule has 0 radical (unpaired) electrons. The van der Waals surface area contributed by atoms with Crippen molar-refractivity contribution in [1.82, 2.24) is 4.90 Å². The van der Waals surface area contributed by atoms with E-state index in [4.69, 9.17) is 10.5 Å². The van der Waals surface area contributed by atoms with Crippen LogP contribution in [0.5, 0.6) is 0 Å². The summed E-state index contributed by atoms with van der Waals surface area (Å²) < 4.78 is 5.28. The zero-order valence-electron chi connectivity index (χ0n) is 12.0. The van der Waals surface area contributed by atoms with E-state index in [2.05, 4.69) is 6.07 Å². The maximum Gasteiger partial charge on any atom is 0.254 e. The van der Waals surface area contributed by atoms with Crippen LogP contribution in [-0.2, 0) is 22.4 Å². The molecular weight excluding hydrogens is 268 g/mol. The van der Waals surface area contributed by atoms with E-state index >= 15 is 0 Å². The lowest BCUT2D eigenvalue weighted by molar-refractivity contribution is -0.133. The predicted octanol–water partition coefficient (Wildman–Crippen LogP) is 0.892. The topological polar surface area (TPSA) is 72.6 Å². The fourth-order valence-corrected chi connectivity index (χ4v) is 3.05. The normalized spacial score (nSPS) is 21.7. The molecule has 5 heteroatoms. The van der Waals surface area contributed by atoms with Crippen molar-refractivity contribution in [3.63, 3.8) is 0 Å². The van der Waals surface area contributed by atoms with Gasteiger partial charge < -0.3 is 15.4 Å². The van der Waals surface area contributed by atoms with E-state index in [0.717, 1.165) is 12.8 Å². The highest BCUT2D eigenvalue weighted by molar-refractivity contribution is 5.95. The third-order valence-electron chi connectivity index (χ3n) is 4.27. The number of primary amides is 1. The first-order valence-electron chi connectivity index (χ1n) is 7.47. The zero-order valence-corrected chi connectivity index (χ0v) is 12.0. The van der Waals surface area contributed by atoms with Crippen LogP contribution < -0.4 is 5.73 Å². The lowest BCUT2D eigenvalue weighted by Crippen LogP contribution is -2.50. The first-order valence-corrected chi connectivity index (χ1v) is 7.47. The van der Waals surface area contributed by atoms with Crippen molar-refractivity contribution in [2.45, 2.75) is 31.8 Å². The van der Waals surface area contributed by atoms with E-state index in [0.29, 0.717) is 18.7 Å². The van der Waals surface area contributed by atoms with Crippen molar-refractivity contribution in [1.29, 1.82) is 0 Å². The van der Waals surface area contributed by atoms with Crippen LogP contribution in [0.3, 0.4) is 0 Å². The molecule has 3 rings (SSSR count). The molecule has 1 saturated heterocycles. The van der Waals surface area contributed by atoms with Gasteiger partial charge in [0.25, 0.3) is 5.91 Å². The molecule has 1 aromatic carbocycles. The van der Waals surface area contributed by atoms with Crippen LogP contribution in [0.15, 0.2) is 18.2 Å². The number of carbonyl (C=O) groups excluding carboxylic acids is 2. The summed E-state index contributed by atoms with van der Waals surface area (Å²) in [6.07, 6.45) is 3.87. The van der Waals surface area contributed by atoms with Gasteiger partial charge in [0, 0.05) is 12.1 Å². The molecule has 2 aliphatic rings. The largest absolute Gasteiger partial charge is 0.367 e. The molecule has 21 heavy (non-hydrogen) atoms. The molecule has 0 unspecified atom stereocenters. The summed E-state index contributed by atoms with van der Waals surface area (Å²) in [7, 11) is 0. The van der Waals surface area contributed by atoms with Gasteiger partial charge in [0.05, 0.1) is 13.2 Å². The quantitative estimate of drug-likeness (QED) is 0.878. The molecular formula is C16H20N2O3. The fourth-order valence-electron chi connectivity index (χ4n) is 3.05. The van der Waals surface area contributed by atoms with Crippen LogP contribution in [-0.4, -0.2) is 42.5 Å². The van der Waals surface area contributed by atoms with Crippen LogP contribution in [0.1, 0.15) is 34.3 Å². The standard InChI is InChI=1S/C16H20N2O3/c17-15(19)14-10-18(7-8-21-14)16(20)13-6-5-11-3-1-2-4-12(11)9-13/h5-6,9,14H,1-4,7-8,10H2,(H2,17,19)/t14-/m1/s1. The number of benzene rings is 1. The van der Waals surface area contributed by atoms with Crippen molar-refractivity contribution in [2.75, 3.05) is 19.7 Å². The maximum absolute atomic E-state index is 12.6. The Morgan fingerprint density at radius 3 is 2.71 bits per heavy atom. The second-order valence-electron chi connectivity index (χ2n) is 5.70. The Kier molecular flexibility index (Phi) is 3.92. The summed E-state index contributed by atoms with van der Waals surface area (Å²) in [5, 5.41) is 0. The maximum atomic E-state index is 12.6. The van der Waals surface area contributed by atoms with E-state index in [1.807, 2.05) is 12.1 Å². The molecule has 1 fully saturated rings. The second-order valence-corrected chi connectivity index (χ2v) is 5.70. The number of nitrogens with zero attached hydrogens (tertiary/aromatic N) is 1. The number of carbonyl (C=O) groups is 2. The van der Waals surface area contributed by atoms with Crippen LogP contribution >= 0.6 is 0 Å². The van der Waals surface area contributed by atoms with Crippen molar-refractivity contribution in [3.05, 3.63) is 34.9 Å². The number of hydrogen-bond donors (Lipinski definition) is 1. The SMILES string of the molecule is NC(=O)[C@H]1CN(C(=O)c2ccc3c(c2)CCCC3)CCO1. The van der Waals surface area contributed by atoms with Gasteiger partial charge >= 0.3 is 0 Å². The average Bonchev–Trinajstić information content (AvgIpc) is 2.53. The van der Waals surface area contributed by atoms with Crippen molar-refractivity contribution >= 4 is 11.8 Å². The predicted molar refractivity (Wildman–Crippen MR) is 77.9 cm³/mol. The number of amides is 2. The lowest BCUT2D eigenvalue weighted by Gasteiger charge is -2.31. The van der Waals surface area contributed by atoms with E-state index in [1.165, 1.54) is 24.0 Å². The first-order chi connectivity index (χ1) is 10.1. The summed E-state index contributed by atoms with van der Waals surface area (Å²) >= 11 is 0. The Morgan fingerprint density at radius 2 is 1.95 bits per heavy atom. The fraction of sp³-hybridized carbons (Fsp3) is 0.500. The Balaban J connectivity index is 1.77. The van der Waals surface area contributed by atoms with Gasteiger partial charge in [-0.05, 0) is 48.9 Å². The van der Waals surface area contributed by atoms with Gasteiger partial charge in [-0.25, -0.2) is 0 Å². The van der Waals surface area contributed by atoms with Crippen molar-refractivity contribution in [2.24, 2.45) is 5.73 Å². The molecule has 0 saturated carbocycles. The zero-order chi connectivity index (χ0) is 14.8. The van der Waals surface area contributed by atoms with Gasteiger partial charge in [-0.2, -0.15) is 0 Å². The van der Waals surface area contributed by atoms with Crippen LogP contribution in [0, 0.1) is 0 Å². The molecule has 1 heterocycles. The van der Waals surface area contributed by atoms with Crippen LogP contribution in [0.2, 0.25) is 0 Å². The Labute approximate surface area is 124 Å². The molecule has 5 nitrogen and oxygen atoms in total. The first kappa shape index (κ1) is 14.1. The number of rotatable bonds is 2. The van der Waals surface area contributed by atoms with Gasteiger partial charge in [0.15, 0.2) is 6.10 Å². The van der Waals surface area contributed by atoms with Crippen molar-refractivity contribution < 1.29 is 14.3 Å². The smallest absolute Gasteiger partial charge is 0.254 e. The summed E-state index contributed by atoms with van der Waals surface area (Å²) in [4.78, 5) is 25.4. The number of hydrogen-bond acceptors (Lipinski definition) is 3. The van der Waals surface area contributed by atoms with Crippen LogP contribution in [0.25, 0.3) is 0 Å². The van der Waals surface area contributed by atoms with Gasteiger partial charge in [-0.1, -0.05) is 6.07 Å². The molecule has 1 aliphatic carbocycles. The number of aryl methyl sites for hydroxylation is 2. The minimum atomic E-state index is -0.694. The van der Waals surface area contributed by atoms with Gasteiger partial charge in [0.2, 0.25) is 5.91 Å². The molecule has 1 aliphatic heterocycles. The van der Waals surface area contributed by atoms with E-state index in [9.17, 15) is 9.59 Å². The average molecular weight is 288 g/mol. The summed E-state index contributed by atoms with van der Waals surface area (Å²) in [6, 6.07) is 5.96. The van der Waals surface area contributed by atoms with E-state index in [1.54, 1.807) is 4.90 Å². The summed E-state index contributed by atoms with van der Waals surface area (Å²) in [5.41, 5.74) is 8.59. The minimum absolute atomic E-state index is 0.0436.